The largest absolute Gasteiger partial charge is 0.503 e. The van der Waals surface area contributed by atoms with Crippen LogP contribution in [0.4, 0.5) is 0 Å². The van der Waals surface area contributed by atoms with E-state index in [2.05, 4.69) is 4.98 Å². The lowest BCUT2D eigenvalue weighted by molar-refractivity contribution is -0.131. The maximum atomic E-state index is 12.4. The van der Waals surface area contributed by atoms with Crippen LogP contribution in [0.15, 0.2) is 42.4 Å². The molecule has 2 aliphatic rings. The number of rotatable bonds is 6. The molecule has 3 heterocycles. The summed E-state index contributed by atoms with van der Waals surface area (Å²) in [5.41, 5.74) is 0.804. The standard InChI is InChI=1S/C17H23N3O3/c1-2-13-15(14-6-3-4-11-23-14)20(17(22)16(13)21)9-5-8-19-10-7-18-12-19/h4,7,10-12,14-15,21H,2-3,5-6,8-9H2,1H3. The van der Waals surface area contributed by atoms with E-state index in [0.717, 1.165) is 31.4 Å². The molecule has 0 spiro atoms. The highest BCUT2D eigenvalue weighted by atomic mass is 16.5. The molecule has 23 heavy (non-hydrogen) atoms. The molecule has 3 rings (SSSR count). The first-order valence-corrected chi connectivity index (χ1v) is 8.21. The quantitative estimate of drug-likeness (QED) is 0.875. The molecule has 6 nitrogen and oxygen atoms in total. The average Bonchev–Trinajstić information content (AvgIpc) is 3.17. The van der Waals surface area contributed by atoms with Crippen LogP contribution in [0, 0.1) is 0 Å². The number of aliphatic hydroxyl groups is 1. The lowest BCUT2D eigenvalue weighted by atomic mass is 9.96. The van der Waals surface area contributed by atoms with Crippen LogP contribution in [0.2, 0.25) is 0 Å². The molecule has 0 saturated heterocycles. The Balaban J connectivity index is 1.71. The highest BCUT2D eigenvalue weighted by Crippen LogP contribution is 2.33. The van der Waals surface area contributed by atoms with Crippen molar-refractivity contribution in [3.05, 3.63) is 42.4 Å². The minimum absolute atomic E-state index is 0.0724. The normalized spacial score (nSPS) is 24.4. The fourth-order valence-electron chi connectivity index (χ4n) is 3.40. The SMILES string of the molecule is CCC1=C(O)C(=O)N(CCCn2ccnc2)C1C1CCC=CO1. The van der Waals surface area contributed by atoms with Gasteiger partial charge < -0.3 is 19.3 Å². The Hall–Kier alpha value is -2.24. The van der Waals surface area contributed by atoms with Gasteiger partial charge in [-0.3, -0.25) is 4.79 Å². The highest BCUT2D eigenvalue weighted by molar-refractivity contribution is 5.95. The number of carbonyl (C=O) groups excluding carboxylic acids is 1. The number of aromatic nitrogens is 2. The smallest absolute Gasteiger partial charge is 0.289 e. The molecule has 124 valence electrons. The van der Waals surface area contributed by atoms with Gasteiger partial charge in [0.25, 0.3) is 5.91 Å². The van der Waals surface area contributed by atoms with Gasteiger partial charge >= 0.3 is 0 Å². The second-order valence-electron chi connectivity index (χ2n) is 5.95. The third kappa shape index (κ3) is 3.11. The molecule has 1 aromatic rings. The molecule has 0 radical (unpaired) electrons. The summed E-state index contributed by atoms with van der Waals surface area (Å²) >= 11 is 0. The molecule has 1 aromatic heterocycles. The van der Waals surface area contributed by atoms with E-state index in [1.54, 1.807) is 23.7 Å². The molecule has 2 atom stereocenters. The zero-order valence-corrected chi connectivity index (χ0v) is 13.4. The molecule has 0 aliphatic carbocycles. The fraction of sp³-hybridized carbons (Fsp3) is 0.529. The monoisotopic (exact) mass is 317 g/mol. The molecule has 1 N–H and O–H groups in total. The minimum Gasteiger partial charge on any atom is -0.503 e. The van der Waals surface area contributed by atoms with E-state index >= 15 is 0 Å². The van der Waals surface area contributed by atoms with E-state index in [0.29, 0.717) is 13.0 Å². The van der Waals surface area contributed by atoms with Crippen molar-refractivity contribution in [3.8, 4) is 0 Å². The molecule has 2 aliphatic heterocycles. The highest BCUT2D eigenvalue weighted by Gasteiger charge is 2.43. The van der Waals surface area contributed by atoms with Gasteiger partial charge in [-0.1, -0.05) is 6.92 Å². The van der Waals surface area contributed by atoms with Crippen molar-refractivity contribution in [2.75, 3.05) is 6.54 Å². The molecule has 0 saturated carbocycles. The van der Waals surface area contributed by atoms with Crippen molar-refractivity contribution >= 4 is 5.91 Å². The van der Waals surface area contributed by atoms with Crippen molar-refractivity contribution < 1.29 is 14.6 Å². The third-order valence-corrected chi connectivity index (χ3v) is 4.54. The van der Waals surface area contributed by atoms with Gasteiger partial charge in [0, 0.05) is 31.1 Å². The number of aliphatic hydroxyl groups excluding tert-OH is 1. The summed E-state index contributed by atoms with van der Waals surface area (Å²) < 4.78 is 7.73. The molecule has 6 heteroatoms. The Bertz CT molecular complexity index is 607. The molecule has 2 unspecified atom stereocenters. The van der Waals surface area contributed by atoms with Crippen LogP contribution in [0.25, 0.3) is 0 Å². The van der Waals surface area contributed by atoms with Crippen molar-refractivity contribution in [1.29, 1.82) is 0 Å². The summed E-state index contributed by atoms with van der Waals surface area (Å²) in [6, 6.07) is -0.153. The molecular formula is C17H23N3O3. The zero-order chi connectivity index (χ0) is 16.2. The van der Waals surface area contributed by atoms with E-state index in [4.69, 9.17) is 4.74 Å². The molecule has 0 aromatic carbocycles. The predicted octanol–water partition coefficient (Wildman–Crippen LogP) is 2.40. The van der Waals surface area contributed by atoms with Gasteiger partial charge in [0.2, 0.25) is 0 Å². The maximum absolute atomic E-state index is 12.4. The lowest BCUT2D eigenvalue weighted by Crippen LogP contribution is -2.45. The number of allylic oxidation sites excluding steroid dienone is 1. The molecular weight excluding hydrogens is 294 g/mol. The predicted molar refractivity (Wildman–Crippen MR) is 85.5 cm³/mol. The maximum Gasteiger partial charge on any atom is 0.289 e. The van der Waals surface area contributed by atoms with Gasteiger partial charge in [0.1, 0.15) is 6.10 Å². The Kier molecular flexibility index (Phi) is 4.69. The topological polar surface area (TPSA) is 67.6 Å². The van der Waals surface area contributed by atoms with Crippen molar-refractivity contribution in [2.24, 2.45) is 0 Å². The van der Waals surface area contributed by atoms with Crippen molar-refractivity contribution in [2.45, 2.75) is 51.3 Å². The number of hydrogen-bond acceptors (Lipinski definition) is 4. The fourth-order valence-corrected chi connectivity index (χ4v) is 3.40. The van der Waals surface area contributed by atoms with Crippen molar-refractivity contribution in [1.82, 2.24) is 14.5 Å². The second kappa shape index (κ2) is 6.89. The van der Waals surface area contributed by atoms with Crippen LogP contribution < -0.4 is 0 Å². The van der Waals surface area contributed by atoms with Crippen LogP contribution in [-0.2, 0) is 16.1 Å². The van der Waals surface area contributed by atoms with Crippen LogP contribution in [0.3, 0.4) is 0 Å². The zero-order valence-electron chi connectivity index (χ0n) is 13.4. The Labute approximate surface area is 136 Å². The summed E-state index contributed by atoms with van der Waals surface area (Å²) in [6.45, 7) is 3.36. The first-order chi connectivity index (χ1) is 11.2. The van der Waals surface area contributed by atoms with Gasteiger partial charge in [0.15, 0.2) is 5.76 Å². The first-order valence-electron chi connectivity index (χ1n) is 8.21. The summed E-state index contributed by atoms with van der Waals surface area (Å²) in [4.78, 5) is 18.2. The van der Waals surface area contributed by atoms with Crippen LogP contribution in [-0.4, -0.2) is 44.2 Å². The van der Waals surface area contributed by atoms with E-state index < -0.39 is 0 Å². The number of hydrogen-bond donors (Lipinski definition) is 1. The van der Waals surface area contributed by atoms with Crippen LogP contribution in [0.5, 0.6) is 0 Å². The Morgan fingerprint density at radius 3 is 2.96 bits per heavy atom. The molecule has 0 bridgehead atoms. The third-order valence-electron chi connectivity index (χ3n) is 4.54. The first kappa shape index (κ1) is 15.6. The van der Waals surface area contributed by atoms with Gasteiger partial charge in [-0.05, 0) is 31.8 Å². The average molecular weight is 317 g/mol. The van der Waals surface area contributed by atoms with Crippen molar-refractivity contribution in [3.63, 3.8) is 0 Å². The van der Waals surface area contributed by atoms with E-state index in [-0.39, 0.29) is 23.8 Å². The van der Waals surface area contributed by atoms with Crippen LogP contribution in [0.1, 0.15) is 32.6 Å². The van der Waals surface area contributed by atoms with Gasteiger partial charge in [0.05, 0.1) is 18.6 Å². The number of aryl methyl sites for hydroxylation is 1. The number of imidazole rings is 1. The summed E-state index contributed by atoms with van der Waals surface area (Å²) in [7, 11) is 0. The number of ether oxygens (including phenoxy) is 1. The van der Waals surface area contributed by atoms with Crippen LogP contribution >= 0.6 is 0 Å². The lowest BCUT2D eigenvalue weighted by Gasteiger charge is -2.34. The minimum atomic E-state index is -0.268. The Morgan fingerprint density at radius 2 is 2.30 bits per heavy atom. The van der Waals surface area contributed by atoms with E-state index in [1.165, 1.54) is 0 Å². The van der Waals surface area contributed by atoms with E-state index in [1.807, 2.05) is 23.8 Å². The second-order valence-corrected chi connectivity index (χ2v) is 5.95. The van der Waals surface area contributed by atoms with E-state index in [9.17, 15) is 9.90 Å². The summed E-state index contributed by atoms with van der Waals surface area (Å²) in [5, 5.41) is 10.2. The number of carbonyl (C=O) groups is 1. The summed E-state index contributed by atoms with van der Waals surface area (Å²) in [5.74, 6) is -0.353. The molecule has 1 amide bonds. The Morgan fingerprint density at radius 1 is 1.43 bits per heavy atom. The van der Waals surface area contributed by atoms with Gasteiger partial charge in [-0.25, -0.2) is 4.98 Å². The number of nitrogens with zero attached hydrogens (tertiary/aromatic N) is 3. The van der Waals surface area contributed by atoms with Gasteiger partial charge in [-0.2, -0.15) is 0 Å². The summed E-state index contributed by atoms with van der Waals surface area (Å²) in [6.07, 6.45) is 12.3. The van der Waals surface area contributed by atoms with Gasteiger partial charge in [-0.15, -0.1) is 0 Å². The number of amides is 1. The molecule has 0 fully saturated rings.